The summed E-state index contributed by atoms with van der Waals surface area (Å²) in [4.78, 5) is 15.8. The summed E-state index contributed by atoms with van der Waals surface area (Å²) < 4.78 is 10.6. The van der Waals surface area contributed by atoms with Gasteiger partial charge in [-0.25, -0.2) is 4.98 Å². The Balaban J connectivity index is 2.12. The number of rotatable bonds is 5. The Labute approximate surface area is 105 Å². The molecule has 0 saturated heterocycles. The van der Waals surface area contributed by atoms with Gasteiger partial charge in [0.15, 0.2) is 5.58 Å². The molecule has 1 aromatic carbocycles. The lowest BCUT2D eigenvalue weighted by Crippen LogP contribution is -2.25. The van der Waals surface area contributed by atoms with Crippen molar-refractivity contribution >= 4 is 17.0 Å². The van der Waals surface area contributed by atoms with Gasteiger partial charge in [0.1, 0.15) is 17.7 Å². The lowest BCUT2D eigenvalue weighted by atomic mass is 10.3. The molecule has 0 atom stereocenters. The number of amides is 1. The molecule has 0 aliphatic heterocycles. The zero-order chi connectivity index (χ0) is 13.0. The van der Waals surface area contributed by atoms with E-state index in [-0.39, 0.29) is 12.3 Å². The molecule has 2 rings (SSSR count). The molecule has 0 spiro atoms. The van der Waals surface area contributed by atoms with E-state index in [1.54, 1.807) is 25.3 Å². The van der Waals surface area contributed by atoms with Gasteiger partial charge in [0.2, 0.25) is 11.8 Å². The van der Waals surface area contributed by atoms with Gasteiger partial charge < -0.3 is 14.5 Å². The van der Waals surface area contributed by atoms with Crippen molar-refractivity contribution in [3.63, 3.8) is 0 Å². The average Bonchev–Trinajstić information content (AvgIpc) is 2.77. The molecule has 1 N–H and O–H groups in total. The SMILES string of the molecule is CCCNC(=O)Cc1nc2cc(OC)ccc2o1. The van der Waals surface area contributed by atoms with E-state index in [4.69, 9.17) is 9.15 Å². The van der Waals surface area contributed by atoms with Crippen LogP contribution >= 0.6 is 0 Å². The molecule has 2 aromatic rings. The third-order valence-corrected chi connectivity index (χ3v) is 2.52. The molecular weight excluding hydrogens is 232 g/mol. The van der Waals surface area contributed by atoms with Crippen LogP contribution in [0.25, 0.3) is 11.1 Å². The summed E-state index contributed by atoms with van der Waals surface area (Å²) in [6.45, 7) is 2.68. The topological polar surface area (TPSA) is 64.4 Å². The lowest BCUT2D eigenvalue weighted by molar-refractivity contribution is -0.120. The van der Waals surface area contributed by atoms with Gasteiger partial charge in [-0.3, -0.25) is 4.79 Å². The molecule has 0 aliphatic carbocycles. The van der Waals surface area contributed by atoms with Crippen LogP contribution in [-0.2, 0) is 11.2 Å². The van der Waals surface area contributed by atoms with Gasteiger partial charge in [-0.15, -0.1) is 0 Å². The minimum Gasteiger partial charge on any atom is -0.497 e. The van der Waals surface area contributed by atoms with Crippen LogP contribution in [0.1, 0.15) is 19.2 Å². The number of fused-ring (bicyclic) bond motifs is 1. The number of hydrogen-bond donors (Lipinski definition) is 1. The summed E-state index contributed by atoms with van der Waals surface area (Å²) in [6, 6.07) is 5.37. The second-order valence-electron chi connectivity index (χ2n) is 3.97. The van der Waals surface area contributed by atoms with Gasteiger partial charge in [-0.05, 0) is 18.6 Å². The molecule has 5 nitrogen and oxygen atoms in total. The molecule has 0 bridgehead atoms. The Hall–Kier alpha value is -2.04. The second-order valence-corrected chi connectivity index (χ2v) is 3.97. The van der Waals surface area contributed by atoms with E-state index >= 15 is 0 Å². The van der Waals surface area contributed by atoms with E-state index in [1.807, 2.05) is 6.92 Å². The Kier molecular flexibility index (Phi) is 3.82. The number of carbonyl (C=O) groups is 1. The number of carbonyl (C=O) groups excluding carboxylic acids is 1. The van der Waals surface area contributed by atoms with E-state index < -0.39 is 0 Å². The molecule has 5 heteroatoms. The molecule has 0 unspecified atom stereocenters. The van der Waals surface area contributed by atoms with E-state index in [0.717, 1.165) is 12.2 Å². The van der Waals surface area contributed by atoms with Gasteiger partial charge in [-0.1, -0.05) is 6.92 Å². The maximum absolute atomic E-state index is 11.5. The van der Waals surface area contributed by atoms with Crippen LogP contribution in [-0.4, -0.2) is 24.5 Å². The largest absolute Gasteiger partial charge is 0.497 e. The summed E-state index contributed by atoms with van der Waals surface area (Å²) in [5.74, 6) is 1.07. The molecule has 18 heavy (non-hydrogen) atoms. The maximum Gasteiger partial charge on any atom is 0.229 e. The first kappa shape index (κ1) is 12.4. The summed E-state index contributed by atoms with van der Waals surface area (Å²) in [6.07, 6.45) is 1.08. The van der Waals surface area contributed by atoms with Crippen molar-refractivity contribution in [2.24, 2.45) is 0 Å². The molecular formula is C13H16N2O3. The van der Waals surface area contributed by atoms with Crippen molar-refractivity contribution in [2.45, 2.75) is 19.8 Å². The van der Waals surface area contributed by atoms with Crippen LogP contribution in [0, 0.1) is 0 Å². The highest BCUT2D eigenvalue weighted by Gasteiger charge is 2.10. The van der Waals surface area contributed by atoms with Crippen molar-refractivity contribution in [2.75, 3.05) is 13.7 Å². The number of methoxy groups -OCH3 is 1. The highest BCUT2D eigenvalue weighted by molar-refractivity contribution is 5.79. The van der Waals surface area contributed by atoms with E-state index in [1.165, 1.54) is 0 Å². The number of hydrogen-bond acceptors (Lipinski definition) is 4. The van der Waals surface area contributed by atoms with Crippen LogP contribution in [0.2, 0.25) is 0 Å². The minimum atomic E-state index is -0.0737. The Morgan fingerprint density at radius 1 is 1.50 bits per heavy atom. The van der Waals surface area contributed by atoms with Crippen LogP contribution in [0.4, 0.5) is 0 Å². The molecule has 0 radical (unpaired) electrons. The summed E-state index contributed by atoms with van der Waals surface area (Å²) >= 11 is 0. The van der Waals surface area contributed by atoms with Crippen molar-refractivity contribution in [1.82, 2.24) is 10.3 Å². The summed E-state index contributed by atoms with van der Waals surface area (Å²) in [7, 11) is 1.60. The van der Waals surface area contributed by atoms with Crippen molar-refractivity contribution < 1.29 is 13.9 Å². The van der Waals surface area contributed by atoms with Crippen molar-refractivity contribution in [1.29, 1.82) is 0 Å². The number of aromatic nitrogens is 1. The first-order valence-electron chi connectivity index (χ1n) is 5.93. The number of benzene rings is 1. The van der Waals surface area contributed by atoms with Crippen LogP contribution in [0.5, 0.6) is 5.75 Å². The van der Waals surface area contributed by atoms with Gasteiger partial charge >= 0.3 is 0 Å². The first-order valence-corrected chi connectivity index (χ1v) is 5.93. The fourth-order valence-electron chi connectivity index (χ4n) is 1.62. The van der Waals surface area contributed by atoms with Crippen molar-refractivity contribution in [3.05, 3.63) is 24.1 Å². The molecule has 1 aromatic heterocycles. The zero-order valence-electron chi connectivity index (χ0n) is 10.5. The predicted octanol–water partition coefficient (Wildman–Crippen LogP) is 1.91. The van der Waals surface area contributed by atoms with Gasteiger partial charge in [0, 0.05) is 12.6 Å². The molecule has 0 saturated carbocycles. The molecule has 1 amide bonds. The van der Waals surface area contributed by atoms with Gasteiger partial charge in [-0.2, -0.15) is 0 Å². The minimum absolute atomic E-state index is 0.0737. The second kappa shape index (κ2) is 5.53. The van der Waals surface area contributed by atoms with Crippen LogP contribution < -0.4 is 10.1 Å². The van der Waals surface area contributed by atoms with Crippen LogP contribution in [0.3, 0.4) is 0 Å². The quantitative estimate of drug-likeness (QED) is 0.877. The van der Waals surface area contributed by atoms with Gasteiger partial charge in [0.05, 0.1) is 7.11 Å². The highest BCUT2D eigenvalue weighted by atomic mass is 16.5. The van der Waals surface area contributed by atoms with Crippen molar-refractivity contribution in [3.8, 4) is 5.75 Å². The Morgan fingerprint density at radius 2 is 2.33 bits per heavy atom. The fraction of sp³-hybridized carbons (Fsp3) is 0.385. The first-order chi connectivity index (χ1) is 8.72. The van der Waals surface area contributed by atoms with Gasteiger partial charge in [0.25, 0.3) is 0 Å². The fourth-order valence-corrected chi connectivity index (χ4v) is 1.62. The number of nitrogens with one attached hydrogen (secondary N) is 1. The Bertz CT molecular complexity index is 548. The predicted molar refractivity (Wildman–Crippen MR) is 67.6 cm³/mol. The van der Waals surface area contributed by atoms with E-state index in [0.29, 0.717) is 23.5 Å². The number of ether oxygens (including phenoxy) is 1. The van der Waals surface area contributed by atoms with Crippen LogP contribution in [0.15, 0.2) is 22.6 Å². The number of nitrogens with zero attached hydrogens (tertiary/aromatic N) is 1. The molecule has 0 aliphatic rings. The normalized spacial score (nSPS) is 10.6. The third kappa shape index (κ3) is 2.80. The third-order valence-electron chi connectivity index (χ3n) is 2.52. The smallest absolute Gasteiger partial charge is 0.229 e. The lowest BCUT2D eigenvalue weighted by Gasteiger charge is -1.99. The molecule has 96 valence electrons. The highest BCUT2D eigenvalue weighted by Crippen LogP contribution is 2.21. The van der Waals surface area contributed by atoms with E-state index in [9.17, 15) is 4.79 Å². The average molecular weight is 248 g/mol. The molecule has 0 fully saturated rings. The Morgan fingerprint density at radius 3 is 3.06 bits per heavy atom. The molecule has 1 heterocycles. The van der Waals surface area contributed by atoms with E-state index in [2.05, 4.69) is 10.3 Å². The summed E-state index contributed by atoms with van der Waals surface area (Å²) in [5.41, 5.74) is 1.36. The summed E-state index contributed by atoms with van der Waals surface area (Å²) in [5, 5.41) is 2.78. The monoisotopic (exact) mass is 248 g/mol. The number of oxazole rings is 1. The zero-order valence-corrected chi connectivity index (χ0v) is 10.5. The maximum atomic E-state index is 11.5. The standard InChI is InChI=1S/C13H16N2O3/c1-3-6-14-12(16)8-13-15-10-7-9(17-2)4-5-11(10)18-13/h4-5,7H,3,6,8H2,1-2H3,(H,14,16).